The first kappa shape index (κ1) is 22.2. The number of hydrogen-bond donors (Lipinski definition) is 1. The highest BCUT2D eigenvalue weighted by Crippen LogP contribution is 2.44. The van der Waals surface area contributed by atoms with Crippen LogP contribution in [0.15, 0.2) is 30.5 Å². The standard InChI is InChI=1S/C26H26N4O4S/c1-15-10-16-12-21(26(33)29-8-6-27-7-9-29)34-24(16)19(11-15)18-4-5-28-20-13-17(35-25(18)20)14-30-22(31)2-3-23(30)32/h4-5,10-11,13,21,27H,2-3,6-9,12,14H2,1H3/t21-/m1/s1. The molecule has 2 aromatic heterocycles. The number of hydrogen-bond acceptors (Lipinski definition) is 7. The molecule has 6 rings (SSSR count). The van der Waals surface area contributed by atoms with Crippen molar-refractivity contribution in [3.63, 3.8) is 0 Å². The molecular weight excluding hydrogens is 464 g/mol. The molecule has 0 aliphatic carbocycles. The van der Waals surface area contributed by atoms with Crippen LogP contribution in [0.4, 0.5) is 0 Å². The molecule has 180 valence electrons. The summed E-state index contributed by atoms with van der Waals surface area (Å²) in [6.07, 6.45) is 2.40. The Hall–Kier alpha value is -3.30. The van der Waals surface area contributed by atoms with Gasteiger partial charge in [-0.2, -0.15) is 0 Å². The number of likely N-dealkylation sites (tertiary alicyclic amines) is 1. The molecule has 3 amide bonds. The molecule has 2 fully saturated rings. The van der Waals surface area contributed by atoms with Gasteiger partial charge in [-0.15, -0.1) is 11.3 Å². The molecule has 0 unspecified atom stereocenters. The molecule has 9 heteroatoms. The molecular formula is C26H26N4O4S. The summed E-state index contributed by atoms with van der Waals surface area (Å²) in [6, 6.07) is 8.12. The van der Waals surface area contributed by atoms with Gasteiger partial charge in [0, 0.05) is 67.6 Å². The number of rotatable bonds is 4. The molecule has 1 atom stereocenters. The number of nitrogens with zero attached hydrogens (tertiary/aromatic N) is 3. The van der Waals surface area contributed by atoms with Gasteiger partial charge in [-0.05, 0) is 36.2 Å². The second-order valence-electron chi connectivity index (χ2n) is 9.35. The summed E-state index contributed by atoms with van der Waals surface area (Å²) in [4.78, 5) is 46.0. The molecule has 3 aliphatic heterocycles. The molecule has 35 heavy (non-hydrogen) atoms. The Morgan fingerprint density at radius 2 is 1.91 bits per heavy atom. The molecule has 1 aromatic carbocycles. The van der Waals surface area contributed by atoms with Gasteiger partial charge in [-0.25, -0.2) is 0 Å². The van der Waals surface area contributed by atoms with Crippen molar-refractivity contribution in [2.75, 3.05) is 26.2 Å². The van der Waals surface area contributed by atoms with Crippen LogP contribution in [-0.4, -0.2) is 64.8 Å². The highest BCUT2D eigenvalue weighted by Gasteiger charge is 2.35. The first-order chi connectivity index (χ1) is 17.0. The summed E-state index contributed by atoms with van der Waals surface area (Å²) in [5.41, 5.74) is 4.91. The second-order valence-corrected chi connectivity index (χ2v) is 10.5. The number of fused-ring (bicyclic) bond motifs is 2. The van der Waals surface area contributed by atoms with Crippen LogP contribution in [0.5, 0.6) is 5.75 Å². The van der Waals surface area contributed by atoms with E-state index >= 15 is 0 Å². The van der Waals surface area contributed by atoms with Crippen LogP contribution in [0.25, 0.3) is 21.3 Å². The van der Waals surface area contributed by atoms with E-state index in [1.54, 1.807) is 17.5 Å². The largest absolute Gasteiger partial charge is 0.479 e. The quantitative estimate of drug-likeness (QED) is 0.566. The number of nitrogens with one attached hydrogen (secondary N) is 1. The van der Waals surface area contributed by atoms with Gasteiger partial charge in [0.05, 0.1) is 16.8 Å². The lowest BCUT2D eigenvalue weighted by molar-refractivity contribution is -0.139. The maximum Gasteiger partial charge on any atom is 0.264 e. The topological polar surface area (TPSA) is 91.8 Å². The number of carbonyl (C=O) groups is 3. The third-order valence-corrected chi connectivity index (χ3v) is 8.04. The number of benzene rings is 1. The van der Waals surface area contributed by atoms with Crippen molar-refractivity contribution in [3.05, 3.63) is 46.5 Å². The fourth-order valence-corrected chi connectivity index (χ4v) is 6.31. The zero-order chi connectivity index (χ0) is 24.1. The number of piperazine rings is 1. The van der Waals surface area contributed by atoms with Crippen LogP contribution in [0.3, 0.4) is 0 Å². The Bertz CT molecular complexity index is 1340. The van der Waals surface area contributed by atoms with E-state index in [-0.39, 0.29) is 37.1 Å². The Morgan fingerprint density at radius 3 is 2.69 bits per heavy atom. The minimum absolute atomic E-state index is 0.0459. The lowest BCUT2D eigenvalue weighted by atomic mass is 9.98. The first-order valence-corrected chi connectivity index (χ1v) is 12.8. The molecule has 0 saturated carbocycles. The number of aromatic nitrogens is 1. The minimum Gasteiger partial charge on any atom is -0.479 e. The van der Waals surface area contributed by atoms with Crippen LogP contribution < -0.4 is 10.1 Å². The number of aryl methyl sites for hydroxylation is 1. The minimum atomic E-state index is -0.507. The van der Waals surface area contributed by atoms with E-state index in [0.29, 0.717) is 19.5 Å². The van der Waals surface area contributed by atoms with Crippen molar-refractivity contribution >= 4 is 39.3 Å². The van der Waals surface area contributed by atoms with Crippen LogP contribution in [-0.2, 0) is 27.3 Å². The molecule has 3 aromatic rings. The molecule has 0 bridgehead atoms. The fraction of sp³-hybridized carbons (Fsp3) is 0.385. The summed E-state index contributed by atoms with van der Waals surface area (Å²) in [6.45, 7) is 5.35. The molecule has 2 saturated heterocycles. The van der Waals surface area contributed by atoms with Crippen LogP contribution >= 0.6 is 11.3 Å². The molecule has 1 N–H and O–H groups in total. The van der Waals surface area contributed by atoms with Crippen LogP contribution in [0.2, 0.25) is 0 Å². The Labute approximate surface area is 206 Å². The van der Waals surface area contributed by atoms with E-state index in [2.05, 4.69) is 29.4 Å². The summed E-state index contributed by atoms with van der Waals surface area (Å²) in [5.74, 6) is 0.567. The number of amides is 3. The van der Waals surface area contributed by atoms with Gasteiger partial charge in [0.15, 0.2) is 6.10 Å². The van der Waals surface area contributed by atoms with Crippen molar-refractivity contribution in [1.29, 1.82) is 0 Å². The van der Waals surface area contributed by atoms with Gasteiger partial charge in [0.25, 0.3) is 5.91 Å². The third kappa shape index (κ3) is 3.98. The van der Waals surface area contributed by atoms with E-state index in [9.17, 15) is 14.4 Å². The van der Waals surface area contributed by atoms with Crippen LogP contribution in [0, 0.1) is 6.92 Å². The summed E-state index contributed by atoms with van der Waals surface area (Å²) in [5, 5.41) is 3.28. The lowest BCUT2D eigenvalue weighted by Gasteiger charge is -2.29. The van der Waals surface area contributed by atoms with Gasteiger partial charge < -0.3 is 15.0 Å². The normalized spacial score (nSPS) is 20.0. The number of carbonyl (C=O) groups excluding carboxylic acids is 3. The Morgan fingerprint density at radius 1 is 1.14 bits per heavy atom. The smallest absolute Gasteiger partial charge is 0.264 e. The average Bonchev–Trinajstić information content (AvgIpc) is 3.56. The molecule has 3 aliphatic rings. The summed E-state index contributed by atoms with van der Waals surface area (Å²) in [7, 11) is 0. The SMILES string of the molecule is Cc1cc2c(c(-c3ccnc4cc(CN5C(=O)CCC5=O)sc34)c1)O[C@@H](C(=O)N1CCNCC1)C2. The van der Waals surface area contributed by atoms with Gasteiger partial charge in [0.2, 0.25) is 11.8 Å². The van der Waals surface area contributed by atoms with E-state index in [4.69, 9.17) is 4.74 Å². The van der Waals surface area contributed by atoms with Gasteiger partial charge in [0.1, 0.15) is 5.75 Å². The highest BCUT2D eigenvalue weighted by atomic mass is 32.1. The lowest BCUT2D eigenvalue weighted by Crippen LogP contribution is -2.50. The van der Waals surface area contributed by atoms with E-state index < -0.39 is 6.10 Å². The van der Waals surface area contributed by atoms with E-state index in [1.807, 2.05) is 17.0 Å². The van der Waals surface area contributed by atoms with Gasteiger partial charge in [-0.1, -0.05) is 6.07 Å². The van der Waals surface area contributed by atoms with Crippen molar-refractivity contribution in [3.8, 4) is 16.9 Å². The van der Waals surface area contributed by atoms with Gasteiger partial charge >= 0.3 is 0 Å². The molecule has 5 heterocycles. The maximum absolute atomic E-state index is 13.1. The van der Waals surface area contributed by atoms with Crippen LogP contribution in [0.1, 0.15) is 28.8 Å². The van der Waals surface area contributed by atoms with Crippen molar-refractivity contribution < 1.29 is 19.1 Å². The maximum atomic E-state index is 13.1. The van der Waals surface area contributed by atoms with Crippen molar-refractivity contribution in [2.45, 2.75) is 38.8 Å². The van der Waals surface area contributed by atoms with Crippen molar-refractivity contribution in [1.82, 2.24) is 20.1 Å². The predicted octanol–water partition coefficient (Wildman–Crippen LogP) is 2.66. The van der Waals surface area contributed by atoms with E-state index in [1.165, 1.54) is 4.90 Å². The number of pyridine rings is 1. The molecule has 0 radical (unpaired) electrons. The second kappa shape index (κ2) is 8.73. The number of ether oxygens (including phenoxy) is 1. The van der Waals surface area contributed by atoms with Crippen molar-refractivity contribution in [2.24, 2.45) is 0 Å². The fourth-order valence-electron chi connectivity index (χ4n) is 5.18. The Balaban J connectivity index is 1.34. The predicted molar refractivity (Wildman–Crippen MR) is 132 cm³/mol. The summed E-state index contributed by atoms with van der Waals surface area (Å²) < 4.78 is 7.31. The zero-order valence-electron chi connectivity index (χ0n) is 19.5. The summed E-state index contributed by atoms with van der Waals surface area (Å²) >= 11 is 1.54. The third-order valence-electron chi connectivity index (χ3n) is 6.90. The molecule has 8 nitrogen and oxygen atoms in total. The highest BCUT2D eigenvalue weighted by molar-refractivity contribution is 7.19. The van der Waals surface area contributed by atoms with Gasteiger partial charge in [-0.3, -0.25) is 24.3 Å². The monoisotopic (exact) mass is 490 g/mol. The number of thiophene rings is 1. The first-order valence-electron chi connectivity index (χ1n) is 12.0. The molecule has 0 spiro atoms. The number of imide groups is 1. The Kier molecular flexibility index (Phi) is 5.53. The average molecular weight is 491 g/mol. The van der Waals surface area contributed by atoms with E-state index in [0.717, 1.165) is 56.2 Å². The zero-order valence-corrected chi connectivity index (χ0v) is 20.3.